The van der Waals surface area contributed by atoms with Gasteiger partial charge in [0.2, 0.25) is 0 Å². The first-order valence-electron chi connectivity index (χ1n) is 4.73. The Bertz CT molecular complexity index is 458. The van der Waals surface area contributed by atoms with Crippen LogP contribution in [0.3, 0.4) is 0 Å². The van der Waals surface area contributed by atoms with Gasteiger partial charge in [-0.2, -0.15) is 0 Å². The third kappa shape index (κ3) is 1.68. The van der Waals surface area contributed by atoms with Gasteiger partial charge in [0.1, 0.15) is 0 Å². The topological polar surface area (TPSA) is 49.7 Å². The molecule has 1 aliphatic rings. The van der Waals surface area contributed by atoms with Crippen LogP contribution < -0.4 is 0 Å². The van der Waals surface area contributed by atoms with Crippen molar-refractivity contribution < 1.29 is 9.90 Å². The molecule has 1 aliphatic heterocycles. The standard InChI is InChI=1S/C12H11NO2/c1-8-10(12(14)15)7-13-11(8)9-5-3-2-4-6-9/h2-6H,7H2,1H3,(H,14,15). The lowest BCUT2D eigenvalue weighted by Gasteiger charge is -2.02. The molecule has 1 N–H and O–H groups in total. The van der Waals surface area contributed by atoms with Crippen molar-refractivity contribution >= 4 is 11.7 Å². The number of carboxylic acids is 1. The summed E-state index contributed by atoms with van der Waals surface area (Å²) >= 11 is 0. The Hall–Kier alpha value is -1.90. The van der Waals surface area contributed by atoms with Gasteiger partial charge in [0.05, 0.1) is 17.8 Å². The SMILES string of the molecule is CC1=C(C(=O)O)CN=C1c1ccccc1. The third-order valence-corrected chi connectivity index (χ3v) is 2.51. The summed E-state index contributed by atoms with van der Waals surface area (Å²) in [4.78, 5) is 15.1. The van der Waals surface area contributed by atoms with Crippen molar-refractivity contribution in [3.05, 3.63) is 47.0 Å². The van der Waals surface area contributed by atoms with Gasteiger partial charge in [-0.3, -0.25) is 4.99 Å². The normalized spacial score (nSPS) is 15.4. The van der Waals surface area contributed by atoms with E-state index in [9.17, 15) is 4.79 Å². The summed E-state index contributed by atoms with van der Waals surface area (Å²) in [7, 11) is 0. The monoisotopic (exact) mass is 201 g/mol. The van der Waals surface area contributed by atoms with E-state index in [-0.39, 0.29) is 6.54 Å². The predicted molar refractivity (Wildman–Crippen MR) is 58.2 cm³/mol. The zero-order valence-electron chi connectivity index (χ0n) is 8.40. The van der Waals surface area contributed by atoms with E-state index in [0.29, 0.717) is 5.57 Å². The van der Waals surface area contributed by atoms with Crippen LogP contribution >= 0.6 is 0 Å². The van der Waals surface area contributed by atoms with E-state index < -0.39 is 5.97 Å². The molecule has 0 radical (unpaired) electrons. The minimum absolute atomic E-state index is 0.283. The van der Waals surface area contributed by atoms with Gasteiger partial charge in [0.25, 0.3) is 0 Å². The van der Waals surface area contributed by atoms with Crippen molar-refractivity contribution in [3.8, 4) is 0 Å². The van der Waals surface area contributed by atoms with E-state index in [1.807, 2.05) is 37.3 Å². The fraction of sp³-hybridized carbons (Fsp3) is 0.167. The molecule has 0 aromatic heterocycles. The molecule has 0 unspecified atom stereocenters. The smallest absolute Gasteiger partial charge is 0.333 e. The minimum Gasteiger partial charge on any atom is -0.478 e. The maximum atomic E-state index is 10.9. The molecular weight excluding hydrogens is 190 g/mol. The molecule has 2 rings (SSSR count). The number of allylic oxidation sites excluding steroid dienone is 1. The molecule has 0 spiro atoms. The first-order valence-corrected chi connectivity index (χ1v) is 4.73. The van der Waals surface area contributed by atoms with Crippen molar-refractivity contribution in [1.82, 2.24) is 0 Å². The second kappa shape index (κ2) is 3.69. The van der Waals surface area contributed by atoms with Crippen molar-refractivity contribution in [2.75, 3.05) is 6.54 Å². The number of rotatable bonds is 2. The largest absolute Gasteiger partial charge is 0.478 e. The van der Waals surface area contributed by atoms with Crippen LogP contribution in [-0.4, -0.2) is 23.3 Å². The second-order valence-corrected chi connectivity index (χ2v) is 3.44. The van der Waals surface area contributed by atoms with Gasteiger partial charge in [0.15, 0.2) is 0 Å². The fourth-order valence-corrected chi connectivity index (χ4v) is 1.67. The quantitative estimate of drug-likeness (QED) is 0.794. The van der Waals surface area contributed by atoms with Gasteiger partial charge in [-0.05, 0) is 18.1 Å². The number of hydrogen-bond acceptors (Lipinski definition) is 2. The van der Waals surface area contributed by atoms with Crippen LogP contribution in [0, 0.1) is 0 Å². The maximum absolute atomic E-state index is 10.9. The molecule has 0 saturated carbocycles. The van der Waals surface area contributed by atoms with Gasteiger partial charge in [0, 0.05) is 0 Å². The van der Waals surface area contributed by atoms with Gasteiger partial charge in [-0.1, -0.05) is 30.3 Å². The summed E-state index contributed by atoms with van der Waals surface area (Å²) < 4.78 is 0. The molecule has 3 nitrogen and oxygen atoms in total. The second-order valence-electron chi connectivity index (χ2n) is 3.44. The number of carbonyl (C=O) groups is 1. The van der Waals surface area contributed by atoms with Crippen LogP contribution in [0.15, 0.2) is 46.5 Å². The molecule has 3 heteroatoms. The van der Waals surface area contributed by atoms with Gasteiger partial charge >= 0.3 is 5.97 Å². The van der Waals surface area contributed by atoms with E-state index in [0.717, 1.165) is 16.8 Å². The summed E-state index contributed by atoms with van der Waals surface area (Å²) in [6.45, 7) is 2.09. The molecule has 0 amide bonds. The summed E-state index contributed by atoms with van der Waals surface area (Å²) in [5.41, 5.74) is 2.95. The summed E-state index contributed by atoms with van der Waals surface area (Å²) in [5, 5.41) is 8.92. The lowest BCUT2D eigenvalue weighted by atomic mass is 10.0. The fourth-order valence-electron chi connectivity index (χ4n) is 1.67. The molecular formula is C12H11NO2. The van der Waals surface area contributed by atoms with E-state index in [2.05, 4.69) is 4.99 Å². The van der Waals surface area contributed by atoms with Crippen molar-refractivity contribution in [1.29, 1.82) is 0 Å². The minimum atomic E-state index is -0.873. The Balaban J connectivity index is 2.39. The lowest BCUT2D eigenvalue weighted by molar-refractivity contribution is -0.132. The number of nitrogens with zero attached hydrogens (tertiary/aromatic N) is 1. The van der Waals surface area contributed by atoms with Crippen LogP contribution in [0.25, 0.3) is 0 Å². The van der Waals surface area contributed by atoms with E-state index >= 15 is 0 Å². The van der Waals surface area contributed by atoms with Gasteiger partial charge < -0.3 is 5.11 Å². The Morgan fingerprint density at radius 1 is 1.33 bits per heavy atom. The number of aliphatic carboxylic acids is 1. The van der Waals surface area contributed by atoms with Crippen LogP contribution in [0.2, 0.25) is 0 Å². The Morgan fingerprint density at radius 2 is 2.00 bits per heavy atom. The lowest BCUT2D eigenvalue weighted by Crippen LogP contribution is -2.05. The highest BCUT2D eigenvalue weighted by Gasteiger charge is 2.21. The zero-order valence-corrected chi connectivity index (χ0v) is 8.40. The van der Waals surface area contributed by atoms with E-state index in [1.54, 1.807) is 0 Å². The Labute approximate surface area is 87.8 Å². The molecule has 76 valence electrons. The van der Waals surface area contributed by atoms with Crippen molar-refractivity contribution in [2.24, 2.45) is 4.99 Å². The number of hydrogen-bond donors (Lipinski definition) is 1. The van der Waals surface area contributed by atoms with Crippen LogP contribution in [0.1, 0.15) is 12.5 Å². The number of benzene rings is 1. The highest BCUT2D eigenvalue weighted by atomic mass is 16.4. The van der Waals surface area contributed by atoms with Gasteiger partial charge in [-0.25, -0.2) is 4.79 Å². The molecule has 0 aliphatic carbocycles. The van der Waals surface area contributed by atoms with E-state index in [1.165, 1.54) is 0 Å². The molecule has 0 bridgehead atoms. The molecule has 1 aromatic carbocycles. The van der Waals surface area contributed by atoms with Crippen molar-refractivity contribution in [2.45, 2.75) is 6.92 Å². The molecule has 1 aromatic rings. The molecule has 1 heterocycles. The Kier molecular flexibility index (Phi) is 2.37. The van der Waals surface area contributed by atoms with Crippen LogP contribution in [0.5, 0.6) is 0 Å². The number of carboxylic acid groups (broad SMARTS) is 1. The molecule has 0 saturated heterocycles. The van der Waals surface area contributed by atoms with Crippen LogP contribution in [0.4, 0.5) is 0 Å². The van der Waals surface area contributed by atoms with E-state index in [4.69, 9.17) is 5.11 Å². The average Bonchev–Trinajstić information content (AvgIpc) is 2.61. The predicted octanol–water partition coefficient (Wildman–Crippen LogP) is 1.89. The first-order chi connectivity index (χ1) is 7.20. The molecule has 0 atom stereocenters. The summed E-state index contributed by atoms with van der Waals surface area (Å²) in [6.07, 6.45) is 0. The molecule has 15 heavy (non-hydrogen) atoms. The van der Waals surface area contributed by atoms with Gasteiger partial charge in [-0.15, -0.1) is 0 Å². The highest BCUT2D eigenvalue weighted by Crippen LogP contribution is 2.19. The molecule has 0 fully saturated rings. The average molecular weight is 201 g/mol. The van der Waals surface area contributed by atoms with Crippen molar-refractivity contribution in [3.63, 3.8) is 0 Å². The number of aliphatic imine (C=N–C) groups is 1. The Morgan fingerprint density at radius 3 is 2.53 bits per heavy atom. The maximum Gasteiger partial charge on any atom is 0.333 e. The first kappa shape index (κ1) is 9.65. The summed E-state index contributed by atoms with van der Waals surface area (Å²) in [6, 6.07) is 9.64. The zero-order chi connectivity index (χ0) is 10.8. The third-order valence-electron chi connectivity index (χ3n) is 2.51. The summed E-state index contributed by atoms with van der Waals surface area (Å²) in [5.74, 6) is -0.873. The highest BCUT2D eigenvalue weighted by molar-refractivity contribution is 6.17. The van der Waals surface area contributed by atoms with Crippen LogP contribution in [-0.2, 0) is 4.79 Å².